The number of nitrogens with zero attached hydrogens (tertiary/aromatic N) is 5. The normalized spacial score (nSPS) is 11.1. The van der Waals surface area contributed by atoms with Gasteiger partial charge in [0.2, 0.25) is 0 Å². The fourth-order valence-electron chi connectivity index (χ4n) is 2.26. The van der Waals surface area contributed by atoms with E-state index in [-0.39, 0.29) is 17.7 Å². The maximum atomic E-state index is 12.4. The van der Waals surface area contributed by atoms with E-state index in [4.69, 9.17) is 5.11 Å². The molecule has 0 spiro atoms. The molecule has 0 radical (unpaired) electrons. The highest BCUT2D eigenvalue weighted by atomic mass is 16.4. The van der Waals surface area contributed by atoms with Gasteiger partial charge in [0, 0.05) is 19.4 Å². The molecule has 0 fully saturated rings. The lowest BCUT2D eigenvalue weighted by molar-refractivity contribution is 0.0695. The minimum atomic E-state index is -1.06. The van der Waals surface area contributed by atoms with E-state index in [9.17, 15) is 9.59 Å². The Hall–Kier alpha value is -2.90. The minimum absolute atomic E-state index is 0.0916. The van der Waals surface area contributed by atoms with Crippen LogP contribution in [0.2, 0.25) is 0 Å². The van der Waals surface area contributed by atoms with Crippen molar-refractivity contribution in [1.29, 1.82) is 0 Å². The first-order valence-electron chi connectivity index (χ1n) is 6.27. The molecule has 0 bridgehead atoms. The fourth-order valence-corrected chi connectivity index (χ4v) is 2.26. The fraction of sp³-hybridized carbons (Fsp3) is 0.231. The second-order valence-corrected chi connectivity index (χ2v) is 4.78. The SMILES string of the molecule is Cc1cc2c(=O)n(Cc3c(C(=O)O)cnn3C)ccn2n1. The van der Waals surface area contributed by atoms with Gasteiger partial charge >= 0.3 is 5.97 Å². The van der Waals surface area contributed by atoms with Crippen molar-refractivity contribution >= 4 is 11.5 Å². The lowest BCUT2D eigenvalue weighted by atomic mass is 10.2. The van der Waals surface area contributed by atoms with Crippen molar-refractivity contribution in [2.75, 3.05) is 0 Å². The maximum Gasteiger partial charge on any atom is 0.339 e. The summed E-state index contributed by atoms with van der Waals surface area (Å²) in [5, 5.41) is 17.2. The van der Waals surface area contributed by atoms with Crippen molar-refractivity contribution in [3.63, 3.8) is 0 Å². The number of aromatic nitrogens is 5. The van der Waals surface area contributed by atoms with Crippen LogP contribution in [0.4, 0.5) is 0 Å². The third kappa shape index (κ3) is 2.10. The Bertz CT molecular complexity index is 902. The topological polar surface area (TPSA) is 94.4 Å². The van der Waals surface area contributed by atoms with E-state index >= 15 is 0 Å². The van der Waals surface area contributed by atoms with E-state index in [0.29, 0.717) is 11.2 Å². The van der Waals surface area contributed by atoms with Gasteiger partial charge in [0.1, 0.15) is 11.1 Å². The van der Waals surface area contributed by atoms with Crippen molar-refractivity contribution in [1.82, 2.24) is 24.0 Å². The van der Waals surface area contributed by atoms with Crippen LogP contribution < -0.4 is 5.56 Å². The van der Waals surface area contributed by atoms with Crippen molar-refractivity contribution < 1.29 is 9.90 Å². The third-order valence-electron chi connectivity index (χ3n) is 3.34. The minimum Gasteiger partial charge on any atom is -0.478 e. The van der Waals surface area contributed by atoms with Gasteiger partial charge in [-0.15, -0.1) is 0 Å². The second-order valence-electron chi connectivity index (χ2n) is 4.78. The molecule has 0 amide bonds. The number of aromatic carboxylic acids is 1. The molecule has 0 saturated carbocycles. The van der Waals surface area contributed by atoms with Gasteiger partial charge in [-0.3, -0.25) is 9.48 Å². The summed E-state index contributed by atoms with van der Waals surface area (Å²) in [7, 11) is 1.65. The molecule has 0 unspecified atom stereocenters. The summed E-state index contributed by atoms with van der Waals surface area (Å²) in [5.74, 6) is -1.06. The van der Waals surface area contributed by atoms with Crippen LogP contribution in [-0.4, -0.2) is 35.0 Å². The van der Waals surface area contributed by atoms with Crippen LogP contribution in [-0.2, 0) is 13.6 Å². The van der Waals surface area contributed by atoms with Gasteiger partial charge in [-0.2, -0.15) is 10.2 Å². The zero-order chi connectivity index (χ0) is 15.1. The second kappa shape index (κ2) is 4.58. The molecule has 3 heterocycles. The number of hydrogen-bond donors (Lipinski definition) is 1. The number of carboxylic acid groups (broad SMARTS) is 1. The van der Waals surface area contributed by atoms with Crippen LogP contribution >= 0.6 is 0 Å². The van der Waals surface area contributed by atoms with Crippen LogP contribution in [0.1, 0.15) is 21.7 Å². The Morgan fingerprint density at radius 3 is 2.86 bits per heavy atom. The predicted octanol–water partition coefficient (Wildman–Crippen LogP) is 0.284. The largest absolute Gasteiger partial charge is 0.478 e. The molecule has 8 nitrogen and oxygen atoms in total. The van der Waals surface area contributed by atoms with Crippen molar-refractivity contribution in [2.45, 2.75) is 13.5 Å². The molecule has 0 aliphatic carbocycles. The van der Waals surface area contributed by atoms with Gasteiger partial charge in [-0.25, -0.2) is 9.31 Å². The monoisotopic (exact) mass is 287 g/mol. The van der Waals surface area contributed by atoms with Crippen molar-refractivity contribution in [3.8, 4) is 0 Å². The molecule has 0 aromatic carbocycles. The van der Waals surface area contributed by atoms with Crippen LogP contribution in [0.15, 0.2) is 29.5 Å². The highest BCUT2D eigenvalue weighted by molar-refractivity contribution is 5.88. The summed E-state index contributed by atoms with van der Waals surface area (Å²) >= 11 is 0. The Balaban J connectivity index is 2.10. The zero-order valence-corrected chi connectivity index (χ0v) is 11.5. The summed E-state index contributed by atoms with van der Waals surface area (Å²) in [6.45, 7) is 1.94. The number of hydrogen-bond acceptors (Lipinski definition) is 4. The van der Waals surface area contributed by atoms with Gasteiger partial charge in [0.25, 0.3) is 5.56 Å². The molecule has 3 rings (SSSR count). The lowest BCUT2D eigenvalue weighted by Gasteiger charge is -2.07. The summed E-state index contributed by atoms with van der Waals surface area (Å²) in [5.41, 5.74) is 1.53. The lowest BCUT2D eigenvalue weighted by Crippen LogP contribution is -2.23. The smallest absolute Gasteiger partial charge is 0.339 e. The van der Waals surface area contributed by atoms with E-state index in [0.717, 1.165) is 5.69 Å². The van der Waals surface area contributed by atoms with E-state index in [2.05, 4.69) is 10.2 Å². The van der Waals surface area contributed by atoms with Gasteiger partial charge < -0.3 is 9.67 Å². The number of carbonyl (C=O) groups is 1. The first kappa shape index (κ1) is 13.1. The number of aryl methyl sites for hydroxylation is 2. The van der Waals surface area contributed by atoms with E-state index in [1.165, 1.54) is 20.0 Å². The van der Waals surface area contributed by atoms with E-state index in [1.54, 1.807) is 32.4 Å². The Kier molecular flexibility index (Phi) is 2.86. The van der Waals surface area contributed by atoms with Crippen molar-refractivity contribution in [2.24, 2.45) is 7.05 Å². The molecular weight excluding hydrogens is 274 g/mol. The molecule has 21 heavy (non-hydrogen) atoms. The van der Waals surface area contributed by atoms with Crippen LogP contribution in [0.25, 0.3) is 5.52 Å². The molecule has 0 saturated heterocycles. The molecule has 0 aliphatic heterocycles. The molecular formula is C13H13N5O3. The highest BCUT2D eigenvalue weighted by Gasteiger charge is 2.16. The van der Waals surface area contributed by atoms with E-state index in [1.807, 2.05) is 0 Å². The Labute approximate surface area is 118 Å². The zero-order valence-electron chi connectivity index (χ0n) is 11.5. The maximum absolute atomic E-state index is 12.4. The predicted molar refractivity (Wildman–Crippen MR) is 73.5 cm³/mol. The van der Waals surface area contributed by atoms with Gasteiger partial charge in [0.15, 0.2) is 0 Å². The first-order chi connectivity index (χ1) is 9.97. The molecule has 1 N–H and O–H groups in total. The number of carboxylic acids is 1. The molecule has 0 aliphatic rings. The Morgan fingerprint density at radius 2 is 2.14 bits per heavy atom. The summed E-state index contributed by atoms with van der Waals surface area (Å²) in [6, 6.07) is 1.69. The van der Waals surface area contributed by atoms with Crippen LogP contribution in [0.3, 0.4) is 0 Å². The standard InChI is InChI=1S/C13H13N5O3/c1-8-5-10-12(19)17(3-4-18(10)15-8)7-11-9(13(20)21)6-14-16(11)2/h3-6H,7H2,1-2H3,(H,20,21). The van der Waals surface area contributed by atoms with Gasteiger partial charge in [0.05, 0.1) is 24.1 Å². The summed E-state index contributed by atoms with van der Waals surface area (Å²) < 4.78 is 4.41. The van der Waals surface area contributed by atoms with E-state index < -0.39 is 5.97 Å². The van der Waals surface area contributed by atoms with Gasteiger partial charge in [-0.05, 0) is 13.0 Å². The number of fused-ring (bicyclic) bond motifs is 1. The van der Waals surface area contributed by atoms with Crippen molar-refractivity contribution in [3.05, 3.63) is 52.0 Å². The molecule has 3 aromatic rings. The summed E-state index contributed by atoms with van der Waals surface area (Å²) in [6.07, 6.45) is 4.53. The molecule has 108 valence electrons. The average molecular weight is 287 g/mol. The highest BCUT2D eigenvalue weighted by Crippen LogP contribution is 2.09. The Morgan fingerprint density at radius 1 is 1.38 bits per heavy atom. The average Bonchev–Trinajstić information content (AvgIpc) is 2.97. The van der Waals surface area contributed by atoms with Crippen LogP contribution in [0.5, 0.6) is 0 Å². The van der Waals surface area contributed by atoms with Gasteiger partial charge in [-0.1, -0.05) is 0 Å². The quantitative estimate of drug-likeness (QED) is 0.747. The first-order valence-corrected chi connectivity index (χ1v) is 6.27. The molecule has 3 aromatic heterocycles. The molecule has 8 heteroatoms. The third-order valence-corrected chi connectivity index (χ3v) is 3.34. The van der Waals surface area contributed by atoms with Crippen LogP contribution in [0, 0.1) is 6.92 Å². The number of rotatable bonds is 3. The molecule has 0 atom stereocenters. The summed E-state index contributed by atoms with van der Waals surface area (Å²) in [4.78, 5) is 23.6.